The zero-order valence-electron chi connectivity index (χ0n) is 18.7. The molecule has 2 aliphatic rings. The molecule has 2 aromatic rings. The molecule has 0 bridgehead atoms. The van der Waals surface area contributed by atoms with E-state index >= 15 is 0 Å². The van der Waals surface area contributed by atoms with Crippen molar-refractivity contribution in [3.05, 3.63) is 64.7 Å². The van der Waals surface area contributed by atoms with Crippen molar-refractivity contribution in [2.24, 2.45) is 16.8 Å². The second kappa shape index (κ2) is 9.72. The molecule has 0 amide bonds. The van der Waals surface area contributed by atoms with Crippen molar-refractivity contribution in [2.75, 3.05) is 26.3 Å². The van der Waals surface area contributed by atoms with Crippen molar-refractivity contribution < 1.29 is 24.2 Å². The van der Waals surface area contributed by atoms with Crippen molar-refractivity contribution in [1.29, 1.82) is 0 Å². The lowest BCUT2D eigenvalue weighted by atomic mass is 9.82. The van der Waals surface area contributed by atoms with Crippen LogP contribution in [0.4, 0.5) is 0 Å². The van der Waals surface area contributed by atoms with Crippen LogP contribution in [0.5, 0.6) is 5.75 Å². The van der Waals surface area contributed by atoms with Gasteiger partial charge in [-0.2, -0.15) is 5.10 Å². The van der Waals surface area contributed by atoms with Gasteiger partial charge in [-0.25, -0.2) is 0 Å². The lowest BCUT2D eigenvalue weighted by molar-refractivity contribution is -0.141. The normalized spacial score (nSPS) is 22.6. The summed E-state index contributed by atoms with van der Waals surface area (Å²) in [5.74, 6) is -0.792. The standard InChI is InChI=1S/C25H29N3O5/c1-2-25(26)21(15-23(29)30)14-20-13-19(7-8-22(20)33-25)24(31)18-5-3-17(4-6-18)16-27-28-9-11-32-12-10-28/h3-8,13,16,21H,2,9-12,14-15,26H2,1H3,(H,29,30). The first-order chi connectivity index (χ1) is 15.9. The number of nitrogens with two attached hydrogens (primary N) is 1. The molecule has 2 atom stereocenters. The number of benzene rings is 2. The molecule has 1 fully saturated rings. The van der Waals surface area contributed by atoms with Gasteiger partial charge in [0.05, 0.1) is 38.9 Å². The number of hydrogen-bond donors (Lipinski definition) is 2. The third-order valence-electron chi connectivity index (χ3n) is 6.28. The predicted octanol–water partition coefficient (Wildman–Crippen LogP) is 2.67. The number of carbonyl (C=O) groups is 2. The minimum Gasteiger partial charge on any atom is -0.481 e. The van der Waals surface area contributed by atoms with Crippen LogP contribution in [0.25, 0.3) is 0 Å². The number of carboxylic acids is 1. The van der Waals surface area contributed by atoms with E-state index in [0.29, 0.717) is 42.9 Å². The van der Waals surface area contributed by atoms with Gasteiger partial charge in [-0.1, -0.05) is 31.2 Å². The maximum Gasteiger partial charge on any atom is 0.303 e. The van der Waals surface area contributed by atoms with Crippen LogP contribution in [0, 0.1) is 5.92 Å². The molecule has 2 unspecified atom stereocenters. The summed E-state index contributed by atoms with van der Waals surface area (Å²) in [7, 11) is 0. The number of hydrazone groups is 1. The molecule has 0 aromatic heterocycles. The van der Waals surface area contributed by atoms with Gasteiger partial charge in [-0.3, -0.25) is 20.3 Å². The highest BCUT2D eigenvalue weighted by Gasteiger charge is 2.41. The summed E-state index contributed by atoms with van der Waals surface area (Å²) < 4.78 is 11.3. The minimum atomic E-state index is -1.03. The fourth-order valence-electron chi connectivity index (χ4n) is 4.23. The Morgan fingerprint density at radius 2 is 1.88 bits per heavy atom. The monoisotopic (exact) mass is 451 g/mol. The number of carboxylic acid groups (broad SMARTS) is 1. The van der Waals surface area contributed by atoms with Gasteiger partial charge in [0.2, 0.25) is 0 Å². The Morgan fingerprint density at radius 1 is 1.18 bits per heavy atom. The average Bonchev–Trinajstić information content (AvgIpc) is 2.83. The largest absolute Gasteiger partial charge is 0.481 e. The van der Waals surface area contributed by atoms with Crippen molar-refractivity contribution >= 4 is 18.0 Å². The van der Waals surface area contributed by atoms with Crippen molar-refractivity contribution in [1.82, 2.24) is 5.01 Å². The Hall–Kier alpha value is -3.23. The van der Waals surface area contributed by atoms with Crippen molar-refractivity contribution in [2.45, 2.75) is 31.9 Å². The quantitative estimate of drug-likeness (QED) is 0.491. The Bertz CT molecular complexity index is 1050. The number of fused-ring (bicyclic) bond motifs is 1. The number of morpholine rings is 1. The zero-order valence-corrected chi connectivity index (χ0v) is 18.7. The molecule has 4 rings (SSSR count). The fraction of sp³-hybridized carbons (Fsp3) is 0.400. The van der Waals surface area contributed by atoms with Crippen LogP contribution in [0.3, 0.4) is 0 Å². The van der Waals surface area contributed by atoms with Crippen molar-refractivity contribution in [3.63, 3.8) is 0 Å². The van der Waals surface area contributed by atoms with E-state index in [-0.39, 0.29) is 18.1 Å². The third-order valence-corrected chi connectivity index (χ3v) is 6.28. The highest BCUT2D eigenvalue weighted by molar-refractivity contribution is 6.09. The molecule has 33 heavy (non-hydrogen) atoms. The molecule has 0 spiro atoms. The minimum absolute atomic E-state index is 0.0879. The molecule has 0 radical (unpaired) electrons. The fourth-order valence-corrected chi connectivity index (χ4v) is 4.23. The molecule has 2 heterocycles. The number of hydrogen-bond acceptors (Lipinski definition) is 7. The van der Waals surface area contributed by atoms with Gasteiger partial charge in [-0.05, 0) is 42.2 Å². The van der Waals surface area contributed by atoms with Gasteiger partial charge in [-0.15, -0.1) is 0 Å². The van der Waals surface area contributed by atoms with E-state index in [2.05, 4.69) is 5.10 Å². The summed E-state index contributed by atoms with van der Waals surface area (Å²) in [5, 5.41) is 15.7. The summed E-state index contributed by atoms with van der Waals surface area (Å²) in [6.07, 6.45) is 2.64. The topological polar surface area (TPSA) is 114 Å². The van der Waals surface area contributed by atoms with Gasteiger partial charge < -0.3 is 14.6 Å². The van der Waals surface area contributed by atoms with Gasteiger partial charge in [0.15, 0.2) is 11.5 Å². The molecule has 8 nitrogen and oxygen atoms in total. The summed E-state index contributed by atoms with van der Waals surface area (Å²) in [6.45, 7) is 4.78. The Kier molecular flexibility index (Phi) is 6.76. The molecule has 2 aliphatic heterocycles. The van der Waals surface area contributed by atoms with E-state index in [1.165, 1.54) is 0 Å². The molecule has 2 aromatic carbocycles. The predicted molar refractivity (Wildman–Crippen MR) is 124 cm³/mol. The highest BCUT2D eigenvalue weighted by atomic mass is 16.5. The molecular weight excluding hydrogens is 422 g/mol. The summed E-state index contributed by atoms with van der Waals surface area (Å²) in [5.41, 5.74) is 8.15. The van der Waals surface area contributed by atoms with Crippen LogP contribution in [0.2, 0.25) is 0 Å². The van der Waals surface area contributed by atoms with E-state index in [9.17, 15) is 14.7 Å². The first-order valence-electron chi connectivity index (χ1n) is 11.2. The summed E-state index contributed by atoms with van der Waals surface area (Å²) >= 11 is 0. The summed E-state index contributed by atoms with van der Waals surface area (Å²) in [6, 6.07) is 12.6. The van der Waals surface area contributed by atoms with Crippen LogP contribution in [0.15, 0.2) is 47.6 Å². The molecule has 174 valence electrons. The first-order valence-corrected chi connectivity index (χ1v) is 11.2. The first kappa shape index (κ1) is 22.9. The van der Waals surface area contributed by atoms with E-state index < -0.39 is 11.7 Å². The Balaban J connectivity index is 1.49. The van der Waals surface area contributed by atoms with Gasteiger partial charge in [0.25, 0.3) is 0 Å². The van der Waals surface area contributed by atoms with Gasteiger partial charge in [0, 0.05) is 17.0 Å². The molecule has 1 saturated heterocycles. The lowest BCUT2D eigenvalue weighted by Gasteiger charge is -2.41. The molecule has 0 aliphatic carbocycles. The number of ether oxygens (including phenoxy) is 2. The molecule has 3 N–H and O–H groups in total. The van der Waals surface area contributed by atoms with Crippen LogP contribution < -0.4 is 10.5 Å². The number of aliphatic carboxylic acids is 1. The van der Waals surface area contributed by atoms with E-state index in [0.717, 1.165) is 24.2 Å². The zero-order chi connectivity index (χ0) is 23.4. The molecule has 0 saturated carbocycles. The second-order valence-electron chi connectivity index (χ2n) is 8.49. The number of nitrogens with zero attached hydrogens (tertiary/aromatic N) is 2. The lowest BCUT2D eigenvalue weighted by Crippen LogP contribution is -2.55. The number of rotatable bonds is 7. The summed E-state index contributed by atoms with van der Waals surface area (Å²) in [4.78, 5) is 24.4. The number of carbonyl (C=O) groups excluding carboxylic acids is 1. The van der Waals surface area contributed by atoms with Crippen LogP contribution >= 0.6 is 0 Å². The maximum absolute atomic E-state index is 13.1. The molecule has 8 heteroatoms. The third kappa shape index (κ3) is 5.23. The van der Waals surface area contributed by atoms with Crippen LogP contribution in [-0.4, -0.2) is 60.1 Å². The van der Waals surface area contributed by atoms with Crippen LogP contribution in [0.1, 0.15) is 46.8 Å². The smallest absolute Gasteiger partial charge is 0.303 e. The van der Waals surface area contributed by atoms with Crippen molar-refractivity contribution in [3.8, 4) is 5.75 Å². The van der Waals surface area contributed by atoms with Gasteiger partial charge >= 0.3 is 5.97 Å². The SMILES string of the molecule is CCC1(N)Oc2ccc(C(=O)c3ccc(C=NN4CCOCC4)cc3)cc2CC1CC(=O)O. The Labute approximate surface area is 193 Å². The second-order valence-corrected chi connectivity index (χ2v) is 8.49. The van der Waals surface area contributed by atoms with Gasteiger partial charge in [0.1, 0.15) is 5.75 Å². The Morgan fingerprint density at radius 3 is 2.55 bits per heavy atom. The molecular formula is C25H29N3O5. The highest BCUT2D eigenvalue weighted by Crippen LogP contribution is 2.38. The maximum atomic E-state index is 13.1. The van der Waals surface area contributed by atoms with E-state index in [1.807, 2.05) is 24.1 Å². The average molecular weight is 452 g/mol. The number of ketones is 1. The van der Waals surface area contributed by atoms with Crippen LogP contribution in [-0.2, 0) is 16.0 Å². The van der Waals surface area contributed by atoms with E-state index in [1.54, 1.807) is 36.5 Å². The van der Waals surface area contributed by atoms with E-state index in [4.69, 9.17) is 15.2 Å².